The Morgan fingerprint density at radius 2 is 1.77 bits per heavy atom. The maximum atomic E-state index is 12.8. The minimum atomic E-state index is -0.452. The van der Waals surface area contributed by atoms with E-state index in [9.17, 15) is 9.59 Å². The number of aromatic nitrogens is 3. The number of carbonyl (C=O) groups is 1. The molecule has 0 amide bonds. The number of rotatable bonds is 5. The summed E-state index contributed by atoms with van der Waals surface area (Å²) in [5.74, 6) is -0.452. The molecule has 0 atom stereocenters. The topological polar surface area (TPSA) is 73.6 Å². The second kappa shape index (κ2) is 8.12. The van der Waals surface area contributed by atoms with E-state index in [-0.39, 0.29) is 12.2 Å². The highest BCUT2D eigenvalue weighted by Crippen LogP contribution is 2.25. The Bertz CT molecular complexity index is 1440. The van der Waals surface area contributed by atoms with Crippen molar-refractivity contribution in [3.05, 3.63) is 111 Å². The average molecular weight is 427 g/mol. The third kappa shape index (κ3) is 3.95. The highest BCUT2D eigenvalue weighted by Gasteiger charge is 2.15. The van der Waals surface area contributed by atoms with Crippen molar-refractivity contribution in [3.63, 3.8) is 0 Å². The number of hydrogen-bond donors (Lipinski definition) is 0. The van der Waals surface area contributed by atoms with Crippen LogP contribution >= 0.6 is 11.3 Å². The van der Waals surface area contributed by atoms with Gasteiger partial charge >= 0.3 is 5.97 Å². The SMILES string of the molecule is O=C(OCc1cc(=O)n2ccccc2n1)c1ccccc1Cc1nc2ccccc2s1. The maximum absolute atomic E-state index is 12.8. The van der Waals surface area contributed by atoms with Gasteiger partial charge in [-0.15, -0.1) is 11.3 Å². The van der Waals surface area contributed by atoms with Gasteiger partial charge in [-0.1, -0.05) is 36.4 Å². The molecule has 0 saturated heterocycles. The van der Waals surface area contributed by atoms with Crippen molar-refractivity contribution in [2.24, 2.45) is 0 Å². The van der Waals surface area contributed by atoms with Crippen LogP contribution in [-0.2, 0) is 17.8 Å². The van der Waals surface area contributed by atoms with E-state index in [1.165, 1.54) is 10.5 Å². The zero-order valence-corrected chi connectivity index (χ0v) is 17.2. The Balaban J connectivity index is 1.36. The second-order valence-electron chi connectivity index (χ2n) is 7.00. The number of nitrogens with zero attached hydrogens (tertiary/aromatic N) is 3. The molecule has 6 nitrogen and oxygen atoms in total. The summed E-state index contributed by atoms with van der Waals surface area (Å²) in [4.78, 5) is 34.1. The van der Waals surface area contributed by atoms with E-state index < -0.39 is 5.97 Å². The van der Waals surface area contributed by atoms with Crippen molar-refractivity contribution < 1.29 is 9.53 Å². The molecule has 152 valence electrons. The number of hydrogen-bond acceptors (Lipinski definition) is 6. The smallest absolute Gasteiger partial charge is 0.338 e. The van der Waals surface area contributed by atoms with Gasteiger partial charge < -0.3 is 4.74 Å². The molecule has 0 aliphatic carbocycles. The monoisotopic (exact) mass is 427 g/mol. The zero-order chi connectivity index (χ0) is 21.2. The van der Waals surface area contributed by atoms with Crippen LogP contribution in [0.2, 0.25) is 0 Å². The maximum Gasteiger partial charge on any atom is 0.338 e. The molecule has 3 heterocycles. The molecule has 5 rings (SSSR count). The van der Waals surface area contributed by atoms with Gasteiger partial charge in [-0.05, 0) is 35.9 Å². The fourth-order valence-electron chi connectivity index (χ4n) is 3.43. The lowest BCUT2D eigenvalue weighted by molar-refractivity contribution is 0.0466. The van der Waals surface area contributed by atoms with Gasteiger partial charge in [0, 0.05) is 18.7 Å². The summed E-state index contributed by atoms with van der Waals surface area (Å²) in [7, 11) is 0. The molecule has 0 N–H and O–H groups in total. The van der Waals surface area contributed by atoms with E-state index in [0.29, 0.717) is 23.3 Å². The first-order chi connectivity index (χ1) is 15.2. The molecular formula is C24H17N3O3S. The first-order valence-corrected chi connectivity index (χ1v) is 10.6. The lowest BCUT2D eigenvalue weighted by Gasteiger charge is -2.09. The van der Waals surface area contributed by atoms with Gasteiger partial charge in [0.1, 0.15) is 12.3 Å². The molecule has 0 bridgehead atoms. The molecule has 0 fully saturated rings. The van der Waals surface area contributed by atoms with Crippen LogP contribution in [0.15, 0.2) is 83.8 Å². The number of para-hydroxylation sites is 1. The van der Waals surface area contributed by atoms with Crippen LogP contribution < -0.4 is 5.56 Å². The Morgan fingerprint density at radius 3 is 2.68 bits per heavy atom. The predicted octanol–water partition coefficient (Wildman–Crippen LogP) is 4.25. The summed E-state index contributed by atoms with van der Waals surface area (Å²) in [5, 5.41) is 0.936. The molecule has 7 heteroatoms. The largest absolute Gasteiger partial charge is 0.456 e. The van der Waals surface area contributed by atoms with Crippen molar-refractivity contribution in [1.29, 1.82) is 0 Å². The normalized spacial score (nSPS) is 11.1. The molecule has 0 spiro atoms. The highest BCUT2D eigenvalue weighted by atomic mass is 32.1. The number of esters is 1. The van der Waals surface area contributed by atoms with Crippen LogP contribution in [0.4, 0.5) is 0 Å². The number of fused-ring (bicyclic) bond motifs is 2. The fourth-order valence-corrected chi connectivity index (χ4v) is 4.42. The van der Waals surface area contributed by atoms with Crippen LogP contribution in [0, 0.1) is 0 Å². The number of pyridine rings is 1. The molecule has 0 unspecified atom stereocenters. The molecule has 2 aromatic carbocycles. The van der Waals surface area contributed by atoms with Crippen molar-refractivity contribution in [3.8, 4) is 0 Å². The summed E-state index contributed by atoms with van der Waals surface area (Å²) in [6, 6.07) is 22.0. The van der Waals surface area contributed by atoms with Crippen LogP contribution in [0.5, 0.6) is 0 Å². The first kappa shape index (κ1) is 19.1. The van der Waals surface area contributed by atoms with Crippen molar-refractivity contribution in [1.82, 2.24) is 14.4 Å². The summed E-state index contributed by atoms with van der Waals surface area (Å²) < 4.78 is 8.05. The number of benzene rings is 2. The van der Waals surface area contributed by atoms with Crippen LogP contribution in [0.3, 0.4) is 0 Å². The van der Waals surface area contributed by atoms with Gasteiger partial charge in [-0.25, -0.2) is 14.8 Å². The van der Waals surface area contributed by atoms with Gasteiger partial charge in [-0.2, -0.15) is 0 Å². The van der Waals surface area contributed by atoms with Gasteiger partial charge in [-0.3, -0.25) is 9.20 Å². The predicted molar refractivity (Wildman–Crippen MR) is 119 cm³/mol. The lowest BCUT2D eigenvalue weighted by Crippen LogP contribution is -2.16. The molecule has 0 aliphatic rings. The summed E-state index contributed by atoms with van der Waals surface area (Å²) >= 11 is 1.62. The van der Waals surface area contributed by atoms with Crippen molar-refractivity contribution >= 4 is 33.2 Å². The highest BCUT2D eigenvalue weighted by molar-refractivity contribution is 7.18. The Hall–Kier alpha value is -3.84. The Morgan fingerprint density at radius 1 is 0.968 bits per heavy atom. The van der Waals surface area contributed by atoms with E-state index in [2.05, 4.69) is 9.97 Å². The van der Waals surface area contributed by atoms with Gasteiger partial charge in [0.05, 0.1) is 26.5 Å². The van der Waals surface area contributed by atoms with E-state index in [4.69, 9.17) is 4.74 Å². The number of carbonyl (C=O) groups excluding carboxylic acids is 1. The molecule has 0 radical (unpaired) electrons. The van der Waals surface area contributed by atoms with Crippen molar-refractivity contribution in [2.45, 2.75) is 13.0 Å². The number of thiazole rings is 1. The fraction of sp³-hybridized carbons (Fsp3) is 0.0833. The first-order valence-electron chi connectivity index (χ1n) is 9.74. The van der Waals surface area contributed by atoms with Gasteiger partial charge in [0.15, 0.2) is 0 Å². The van der Waals surface area contributed by atoms with Gasteiger partial charge in [0.2, 0.25) is 0 Å². The van der Waals surface area contributed by atoms with Crippen LogP contribution in [0.1, 0.15) is 26.6 Å². The summed E-state index contributed by atoms with van der Waals surface area (Å²) in [5.41, 5.74) is 2.99. The average Bonchev–Trinajstić information content (AvgIpc) is 3.20. The summed E-state index contributed by atoms with van der Waals surface area (Å²) in [6.07, 6.45) is 2.19. The molecule has 0 aliphatic heterocycles. The standard InChI is InChI=1S/C24H17N3O3S/c28-23-14-17(25-21-11-5-6-12-27(21)23)15-30-24(29)18-8-2-1-7-16(18)13-22-26-19-9-3-4-10-20(19)31-22/h1-12,14H,13,15H2. The molecule has 5 aromatic rings. The quantitative estimate of drug-likeness (QED) is 0.392. The summed E-state index contributed by atoms with van der Waals surface area (Å²) in [6.45, 7) is -0.0745. The molecule has 3 aromatic heterocycles. The van der Waals surface area contributed by atoms with Crippen LogP contribution in [-0.4, -0.2) is 20.3 Å². The third-order valence-electron chi connectivity index (χ3n) is 4.89. The lowest BCUT2D eigenvalue weighted by atomic mass is 10.1. The van der Waals surface area contributed by atoms with E-state index >= 15 is 0 Å². The minimum Gasteiger partial charge on any atom is -0.456 e. The Labute approximate surface area is 181 Å². The van der Waals surface area contributed by atoms with Crippen LogP contribution in [0.25, 0.3) is 15.9 Å². The van der Waals surface area contributed by atoms with E-state index in [1.54, 1.807) is 47.9 Å². The number of ether oxygens (including phenoxy) is 1. The zero-order valence-electron chi connectivity index (χ0n) is 16.4. The second-order valence-corrected chi connectivity index (χ2v) is 8.12. The van der Waals surface area contributed by atoms with E-state index in [1.807, 2.05) is 36.4 Å². The molecule has 0 saturated carbocycles. The van der Waals surface area contributed by atoms with E-state index in [0.717, 1.165) is 20.8 Å². The Kier molecular flexibility index (Phi) is 5.01. The minimum absolute atomic E-state index is 0.0745. The van der Waals surface area contributed by atoms with Gasteiger partial charge in [0.25, 0.3) is 5.56 Å². The van der Waals surface area contributed by atoms with Crippen molar-refractivity contribution in [2.75, 3.05) is 0 Å². The third-order valence-corrected chi connectivity index (χ3v) is 5.93. The molecular weight excluding hydrogens is 410 g/mol. The molecule has 31 heavy (non-hydrogen) atoms.